The molecular weight excluding hydrogens is 164 g/mol. The van der Waals surface area contributed by atoms with E-state index in [9.17, 15) is 4.79 Å². The van der Waals surface area contributed by atoms with Crippen molar-refractivity contribution in [2.75, 3.05) is 13.1 Å². The second-order valence-electron chi connectivity index (χ2n) is 5.38. The Morgan fingerprint density at radius 2 is 1.92 bits per heavy atom. The van der Waals surface area contributed by atoms with Crippen LogP contribution in [0.2, 0.25) is 0 Å². The Balaban J connectivity index is 1.86. The van der Waals surface area contributed by atoms with Crippen LogP contribution in [0.5, 0.6) is 0 Å². The highest BCUT2D eigenvalue weighted by Crippen LogP contribution is 2.45. The molecule has 2 fully saturated rings. The Labute approximate surface area is 79.3 Å². The second kappa shape index (κ2) is 2.47. The molecule has 3 nitrogen and oxygen atoms in total. The molecule has 1 saturated heterocycles. The van der Waals surface area contributed by atoms with Crippen molar-refractivity contribution >= 4 is 5.91 Å². The molecule has 1 aliphatic carbocycles. The fraction of sp³-hybridized carbons (Fsp3) is 0.900. The monoisotopic (exact) mass is 182 g/mol. The SMILES string of the molecule is CC1(C(=O)NC2CC2(C)C)CNC1. The predicted molar refractivity (Wildman–Crippen MR) is 51.3 cm³/mol. The lowest BCUT2D eigenvalue weighted by Crippen LogP contribution is -2.60. The number of rotatable bonds is 2. The van der Waals surface area contributed by atoms with Crippen molar-refractivity contribution in [1.29, 1.82) is 0 Å². The van der Waals surface area contributed by atoms with Crippen LogP contribution < -0.4 is 10.6 Å². The molecule has 3 heteroatoms. The van der Waals surface area contributed by atoms with Gasteiger partial charge >= 0.3 is 0 Å². The van der Waals surface area contributed by atoms with Crippen molar-refractivity contribution < 1.29 is 4.79 Å². The molecule has 1 saturated carbocycles. The summed E-state index contributed by atoms with van der Waals surface area (Å²) in [5.41, 5.74) is 0.196. The van der Waals surface area contributed by atoms with Gasteiger partial charge in [0.25, 0.3) is 0 Å². The van der Waals surface area contributed by atoms with E-state index in [1.54, 1.807) is 0 Å². The predicted octanol–water partition coefficient (Wildman–Crippen LogP) is 0.511. The highest BCUT2D eigenvalue weighted by Gasteiger charge is 2.49. The van der Waals surface area contributed by atoms with Crippen LogP contribution in [0, 0.1) is 10.8 Å². The van der Waals surface area contributed by atoms with Crippen LogP contribution in [-0.4, -0.2) is 25.0 Å². The highest BCUT2D eigenvalue weighted by atomic mass is 16.2. The Morgan fingerprint density at radius 1 is 1.38 bits per heavy atom. The molecule has 2 rings (SSSR count). The summed E-state index contributed by atoms with van der Waals surface area (Å²) in [6.45, 7) is 8.06. The van der Waals surface area contributed by atoms with E-state index in [-0.39, 0.29) is 11.3 Å². The second-order valence-corrected chi connectivity index (χ2v) is 5.38. The molecule has 1 atom stereocenters. The zero-order valence-corrected chi connectivity index (χ0v) is 8.61. The summed E-state index contributed by atoms with van der Waals surface area (Å²) in [7, 11) is 0. The first-order valence-electron chi connectivity index (χ1n) is 4.96. The number of hydrogen-bond acceptors (Lipinski definition) is 2. The summed E-state index contributed by atoms with van der Waals surface area (Å²) >= 11 is 0. The van der Waals surface area contributed by atoms with Crippen molar-refractivity contribution in [3.05, 3.63) is 0 Å². The van der Waals surface area contributed by atoms with E-state index in [2.05, 4.69) is 24.5 Å². The molecule has 1 unspecified atom stereocenters. The van der Waals surface area contributed by atoms with Crippen molar-refractivity contribution in [3.63, 3.8) is 0 Å². The van der Waals surface area contributed by atoms with Crippen LogP contribution in [-0.2, 0) is 4.79 Å². The first-order valence-corrected chi connectivity index (χ1v) is 4.96. The van der Waals surface area contributed by atoms with Gasteiger partial charge < -0.3 is 10.6 Å². The zero-order chi connectivity index (χ0) is 9.69. The lowest BCUT2D eigenvalue weighted by molar-refractivity contribution is -0.133. The third kappa shape index (κ3) is 1.46. The summed E-state index contributed by atoms with van der Waals surface area (Å²) in [6, 6.07) is 0.414. The Kier molecular flexibility index (Phi) is 1.71. The maximum Gasteiger partial charge on any atom is 0.228 e. The van der Waals surface area contributed by atoms with Crippen molar-refractivity contribution in [2.24, 2.45) is 10.8 Å². The highest BCUT2D eigenvalue weighted by molar-refractivity contribution is 5.84. The van der Waals surface area contributed by atoms with Gasteiger partial charge in [-0.05, 0) is 18.8 Å². The number of amides is 1. The van der Waals surface area contributed by atoms with Gasteiger partial charge in [0.1, 0.15) is 0 Å². The average Bonchev–Trinajstić information content (AvgIpc) is 2.53. The molecule has 1 amide bonds. The van der Waals surface area contributed by atoms with Crippen LogP contribution in [0.3, 0.4) is 0 Å². The first kappa shape index (κ1) is 9.00. The number of carbonyl (C=O) groups is 1. The molecule has 1 aliphatic heterocycles. The van der Waals surface area contributed by atoms with Gasteiger partial charge in [-0.3, -0.25) is 4.79 Å². The largest absolute Gasteiger partial charge is 0.352 e. The molecule has 74 valence electrons. The van der Waals surface area contributed by atoms with E-state index in [0.29, 0.717) is 11.5 Å². The third-order valence-corrected chi connectivity index (χ3v) is 3.40. The Bertz CT molecular complexity index is 243. The van der Waals surface area contributed by atoms with Crippen LogP contribution >= 0.6 is 0 Å². The number of nitrogens with one attached hydrogen (secondary N) is 2. The molecule has 0 radical (unpaired) electrons. The molecule has 13 heavy (non-hydrogen) atoms. The number of carbonyl (C=O) groups excluding carboxylic acids is 1. The van der Waals surface area contributed by atoms with Gasteiger partial charge in [-0.15, -0.1) is 0 Å². The van der Waals surface area contributed by atoms with Crippen molar-refractivity contribution in [3.8, 4) is 0 Å². The first-order chi connectivity index (χ1) is 5.94. The number of hydrogen-bond donors (Lipinski definition) is 2. The average molecular weight is 182 g/mol. The topological polar surface area (TPSA) is 41.1 Å². The lowest BCUT2D eigenvalue weighted by Gasteiger charge is -2.37. The maximum atomic E-state index is 11.7. The summed E-state index contributed by atoms with van der Waals surface area (Å²) in [4.78, 5) is 11.7. The van der Waals surface area contributed by atoms with E-state index in [1.165, 1.54) is 0 Å². The molecular formula is C10H18N2O. The van der Waals surface area contributed by atoms with Gasteiger partial charge in [0.05, 0.1) is 5.41 Å². The molecule has 1 heterocycles. The van der Waals surface area contributed by atoms with Gasteiger partial charge in [0.2, 0.25) is 5.91 Å². The molecule has 2 N–H and O–H groups in total. The van der Waals surface area contributed by atoms with E-state index in [0.717, 1.165) is 19.5 Å². The normalized spacial score (nSPS) is 33.3. The summed E-state index contributed by atoms with van der Waals surface area (Å²) in [5.74, 6) is 0.224. The fourth-order valence-electron chi connectivity index (χ4n) is 1.71. The lowest BCUT2D eigenvalue weighted by atomic mass is 9.83. The third-order valence-electron chi connectivity index (χ3n) is 3.40. The molecule has 0 spiro atoms. The van der Waals surface area contributed by atoms with E-state index >= 15 is 0 Å². The minimum Gasteiger partial charge on any atom is -0.352 e. The standard InChI is InChI=1S/C10H18N2O/c1-9(2)4-7(9)12-8(13)10(3)5-11-6-10/h7,11H,4-6H2,1-3H3,(H,12,13). The van der Waals surface area contributed by atoms with Crippen molar-refractivity contribution in [1.82, 2.24) is 10.6 Å². The van der Waals surface area contributed by atoms with Crippen LogP contribution in [0.15, 0.2) is 0 Å². The Hall–Kier alpha value is -0.570. The van der Waals surface area contributed by atoms with E-state index in [1.807, 2.05) is 6.92 Å². The molecule has 2 aliphatic rings. The van der Waals surface area contributed by atoms with Gasteiger partial charge in [-0.2, -0.15) is 0 Å². The minimum absolute atomic E-state index is 0.140. The summed E-state index contributed by atoms with van der Waals surface area (Å²) in [6.07, 6.45) is 1.13. The van der Waals surface area contributed by atoms with Gasteiger partial charge in [-0.1, -0.05) is 13.8 Å². The Morgan fingerprint density at radius 3 is 2.23 bits per heavy atom. The minimum atomic E-state index is -0.140. The summed E-state index contributed by atoms with van der Waals surface area (Å²) < 4.78 is 0. The fourth-order valence-corrected chi connectivity index (χ4v) is 1.71. The maximum absolute atomic E-state index is 11.7. The summed E-state index contributed by atoms with van der Waals surface area (Å²) in [5, 5.41) is 6.24. The van der Waals surface area contributed by atoms with Crippen LogP contribution in [0.4, 0.5) is 0 Å². The van der Waals surface area contributed by atoms with Gasteiger partial charge in [-0.25, -0.2) is 0 Å². The van der Waals surface area contributed by atoms with Crippen molar-refractivity contribution in [2.45, 2.75) is 33.2 Å². The van der Waals surface area contributed by atoms with Crippen LogP contribution in [0.25, 0.3) is 0 Å². The van der Waals surface area contributed by atoms with Crippen LogP contribution in [0.1, 0.15) is 27.2 Å². The molecule has 0 aromatic carbocycles. The molecule has 0 bridgehead atoms. The van der Waals surface area contributed by atoms with E-state index in [4.69, 9.17) is 0 Å². The zero-order valence-electron chi connectivity index (χ0n) is 8.61. The van der Waals surface area contributed by atoms with Gasteiger partial charge in [0, 0.05) is 19.1 Å². The molecule has 0 aromatic heterocycles. The smallest absolute Gasteiger partial charge is 0.228 e. The van der Waals surface area contributed by atoms with Gasteiger partial charge in [0.15, 0.2) is 0 Å². The quantitative estimate of drug-likeness (QED) is 0.653. The van der Waals surface area contributed by atoms with E-state index < -0.39 is 0 Å². The molecule has 0 aromatic rings.